The summed E-state index contributed by atoms with van der Waals surface area (Å²) in [5.41, 5.74) is 1.39. The molecule has 9 fully saturated rings. The molecule has 0 aromatic heterocycles. The molecule has 10 aliphatic rings. The van der Waals surface area contributed by atoms with Gasteiger partial charge in [-0.1, -0.05) is 39.3 Å². The van der Waals surface area contributed by atoms with Gasteiger partial charge in [0.1, 0.15) is 85.5 Å². The summed E-state index contributed by atoms with van der Waals surface area (Å²) in [5, 5.41) is 119. The lowest BCUT2D eigenvalue weighted by atomic mass is 9.47. The van der Waals surface area contributed by atoms with E-state index in [-0.39, 0.29) is 16.9 Å². The Morgan fingerprint density at radius 1 is 0.583 bits per heavy atom. The minimum atomic E-state index is -1.96. The van der Waals surface area contributed by atoms with Crippen molar-refractivity contribution in [3.63, 3.8) is 0 Å². The zero-order valence-electron chi connectivity index (χ0n) is 42.2. The normalized spacial score (nSPS) is 57.8. The summed E-state index contributed by atoms with van der Waals surface area (Å²) in [7, 11) is 0. The van der Waals surface area contributed by atoms with E-state index in [2.05, 4.69) is 33.8 Å². The Kier molecular flexibility index (Phi) is 15.5. The lowest BCUT2D eigenvalue weighted by Gasteiger charge is -2.59. The molecule has 21 heteroatoms. The SMILES string of the molecule is C[C@H]1CC[C@@]2(OC1)O[C@H]1C[C@H]3[C@@H]4CC=C5C[C@@H](O[C@@H]6O[C@H](CO)[C@@H](O[C@@H]7O[C@H](CO)[C@@H](O[C@@H]8O[C@@H](C)[C@H](O)[C@@H](O)[C@H]8O)[C@H](O)[C@H]7O)[C@H](O)[C@H]6O[C@@H]6O[C@@H](C)[C@H](O)[C@@H](O)[C@H]6O)CC[C@]5(C)[C@H]4CC[C@]3(C)[C@H]1[C@@H]2C. The predicted octanol–water partition coefficient (Wildman–Crippen LogP) is -0.934. The quantitative estimate of drug-likeness (QED) is 0.118. The highest BCUT2D eigenvalue weighted by molar-refractivity contribution is 5.26. The Bertz CT molecular complexity index is 1900. The molecule has 412 valence electrons. The average molecular weight is 1030 g/mol. The molecule has 6 heterocycles. The van der Waals surface area contributed by atoms with Gasteiger partial charge in [-0.3, -0.25) is 0 Å². The molecule has 6 saturated heterocycles. The number of aliphatic hydroxyl groups excluding tert-OH is 11. The van der Waals surface area contributed by atoms with Gasteiger partial charge in [-0.25, -0.2) is 0 Å². The highest BCUT2D eigenvalue weighted by Gasteiger charge is 2.69. The molecule has 72 heavy (non-hydrogen) atoms. The molecule has 3 saturated carbocycles. The standard InChI is InChI=1S/C51H82O21/c1-20-9-14-51(63-19-20)21(2)32-29(72-51)16-28-26-8-7-24-15-25(10-12-49(24,5)27(26)11-13-50(28,32)6)66-48-44(71-46-39(60)36(57)34(55)23(4)65-46)41(62)43(31(18-53)68-48)70-47-40(61)37(58)42(30(17-52)67-47)69-45-38(59)35(56)33(54)22(3)64-45/h7,20-23,25-48,52-62H,8-19H2,1-6H3/t20-,21-,22-,23-,25-,26+,27-,28-,29-,30+,31+,32-,33-,34-,35+,36+,37+,38+,39+,40+,41-,42+,43+,44+,45-,46-,47-,48+,49-,50-,51+/m0/s1. The monoisotopic (exact) mass is 1030 g/mol. The van der Waals surface area contributed by atoms with Crippen LogP contribution in [0.2, 0.25) is 0 Å². The molecule has 0 radical (unpaired) electrons. The van der Waals surface area contributed by atoms with Crippen molar-refractivity contribution in [3.8, 4) is 0 Å². The van der Waals surface area contributed by atoms with E-state index in [0.717, 1.165) is 51.6 Å². The number of hydrogen-bond donors (Lipinski definition) is 11. The van der Waals surface area contributed by atoms with Crippen molar-refractivity contribution in [2.75, 3.05) is 19.8 Å². The van der Waals surface area contributed by atoms with Crippen LogP contribution in [0.4, 0.5) is 0 Å². The maximum absolute atomic E-state index is 12.3. The van der Waals surface area contributed by atoms with Crippen LogP contribution in [-0.4, -0.2) is 217 Å². The summed E-state index contributed by atoms with van der Waals surface area (Å²) in [4.78, 5) is 0. The number of hydrogen-bond acceptors (Lipinski definition) is 21. The first-order chi connectivity index (χ1) is 34.1. The van der Waals surface area contributed by atoms with E-state index in [4.69, 9.17) is 47.4 Å². The highest BCUT2D eigenvalue weighted by Crippen LogP contribution is 2.71. The van der Waals surface area contributed by atoms with Gasteiger partial charge in [-0.15, -0.1) is 0 Å². The molecule has 0 unspecified atom stereocenters. The van der Waals surface area contributed by atoms with Crippen LogP contribution in [0, 0.1) is 46.3 Å². The summed E-state index contributed by atoms with van der Waals surface area (Å²) in [6, 6.07) is 0. The second-order valence-electron chi connectivity index (χ2n) is 23.9. The zero-order chi connectivity index (χ0) is 51.5. The van der Waals surface area contributed by atoms with Crippen molar-refractivity contribution >= 4 is 0 Å². The number of ether oxygens (including phenoxy) is 10. The van der Waals surface area contributed by atoms with Crippen LogP contribution in [0.5, 0.6) is 0 Å². The third-order valence-electron chi connectivity index (χ3n) is 19.8. The number of allylic oxidation sites excluding steroid dienone is 1. The van der Waals surface area contributed by atoms with Crippen molar-refractivity contribution in [1.29, 1.82) is 0 Å². The maximum Gasteiger partial charge on any atom is 0.187 e. The lowest BCUT2D eigenvalue weighted by Crippen LogP contribution is -2.67. The topological polar surface area (TPSA) is 315 Å². The van der Waals surface area contributed by atoms with Crippen LogP contribution in [-0.2, 0) is 47.4 Å². The highest BCUT2D eigenvalue weighted by atomic mass is 16.8. The molecule has 0 amide bonds. The second-order valence-corrected chi connectivity index (χ2v) is 23.9. The molecule has 11 N–H and O–H groups in total. The summed E-state index contributed by atoms with van der Waals surface area (Å²) in [5.74, 6) is 2.39. The molecule has 6 aliphatic heterocycles. The Balaban J connectivity index is 0.842. The fourth-order valence-corrected chi connectivity index (χ4v) is 15.5. The van der Waals surface area contributed by atoms with E-state index in [1.54, 1.807) is 0 Å². The van der Waals surface area contributed by atoms with E-state index >= 15 is 0 Å². The van der Waals surface area contributed by atoms with Gasteiger partial charge in [0, 0.05) is 12.3 Å². The summed E-state index contributed by atoms with van der Waals surface area (Å²) in [6.07, 6.45) is -21.0. The van der Waals surface area contributed by atoms with Crippen molar-refractivity contribution in [2.24, 2.45) is 46.3 Å². The third-order valence-corrected chi connectivity index (χ3v) is 19.8. The average Bonchev–Trinajstić information content (AvgIpc) is 3.81. The fraction of sp³-hybridized carbons (Fsp3) is 0.961. The lowest BCUT2D eigenvalue weighted by molar-refractivity contribution is -0.395. The first kappa shape index (κ1) is 54.3. The molecule has 21 nitrogen and oxygen atoms in total. The van der Waals surface area contributed by atoms with Crippen LogP contribution in [0.15, 0.2) is 11.6 Å². The van der Waals surface area contributed by atoms with E-state index in [9.17, 15) is 56.2 Å². The first-order valence-electron chi connectivity index (χ1n) is 26.7. The van der Waals surface area contributed by atoms with Gasteiger partial charge in [0.2, 0.25) is 0 Å². The van der Waals surface area contributed by atoms with Gasteiger partial charge < -0.3 is 104 Å². The minimum absolute atomic E-state index is 0.0754. The van der Waals surface area contributed by atoms with Crippen LogP contribution >= 0.6 is 0 Å². The van der Waals surface area contributed by atoms with Crippen LogP contribution in [0.25, 0.3) is 0 Å². The maximum atomic E-state index is 12.3. The van der Waals surface area contributed by atoms with Crippen molar-refractivity contribution in [3.05, 3.63) is 11.6 Å². The summed E-state index contributed by atoms with van der Waals surface area (Å²) < 4.78 is 61.9. The molecule has 31 atom stereocenters. The summed E-state index contributed by atoms with van der Waals surface area (Å²) >= 11 is 0. The molecule has 1 spiro atoms. The van der Waals surface area contributed by atoms with E-state index in [1.807, 2.05) is 0 Å². The molecule has 0 aromatic carbocycles. The summed E-state index contributed by atoms with van der Waals surface area (Å²) in [6.45, 7) is 11.6. The number of rotatable bonds is 10. The van der Waals surface area contributed by atoms with E-state index in [1.165, 1.54) is 19.4 Å². The van der Waals surface area contributed by atoms with Gasteiger partial charge in [0.05, 0.1) is 44.2 Å². The molecular formula is C51H82O21. The third kappa shape index (κ3) is 9.09. The van der Waals surface area contributed by atoms with Gasteiger partial charge in [-0.2, -0.15) is 0 Å². The van der Waals surface area contributed by atoms with Crippen molar-refractivity contribution in [2.45, 2.75) is 240 Å². The molecule has 0 aromatic rings. The van der Waals surface area contributed by atoms with Gasteiger partial charge >= 0.3 is 0 Å². The van der Waals surface area contributed by atoms with Crippen LogP contribution in [0.3, 0.4) is 0 Å². The van der Waals surface area contributed by atoms with Gasteiger partial charge in [0.15, 0.2) is 30.9 Å². The molecule has 4 aliphatic carbocycles. The molecule has 0 bridgehead atoms. The van der Waals surface area contributed by atoms with E-state index < -0.39 is 148 Å². The predicted molar refractivity (Wildman–Crippen MR) is 245 cm³/mol. The van der Waals surface area contributed by atoms with Crippen molar-refractivity contribution in [1.82, 2.24) is 0 Å². The van der Waals surface area contributed by atoms with Crippen LogP contribution < -0.4 is 0 Å². The Labute approximate surface area is 420 Å². The largest absolute Gasteiger partial charge is 0.394 e. The smallest absolute Gasteiger partial charge is 0.187 e. The van der Waals surface area contributed by atoms with Gasteiger partial charge in [0.25, 0.3) is 0 Å². The number of fused-ring (bicyclic) bond motifs is 7. The molecular weight excluding hydrogens is 949 g/mol. The number of aliphatic hydroxyl groups is 11. The Hall–Kier alpha value is -1.10. The minimum Gasteiger partial charge on any atom is -0.394 e. The van der Waals surface area contributed by atoms with E-state index in [0.29, 0.717) is 48.3 Å². The Morgan fingerprint density at radius 2 is 1.15 bits per heavy atom. The second kappa shape index (κ2) is 20.6. The van der Waals surface area contributed by atoms with Crippen LogP contribution in [0.1, 0.15) is 99.3 Å². The Morgan fingerprint density at radius 3 is 1.75 bits per heavy atom. The van der Waals surface area contributed by atoms with Gasteiger partial charge in [-0.05, 0) is 106 Å². The van der Waals surface area contributed by atoms with Crippen molar-refractivity contribution < 1.29 is 104 Å². The first-order valence-corrected chi connectivity index (χ1v) is 26.7. The molecule has 10 rings (SSSR count). The fourth-order valence-electron chi connectivity index (χ4n) is 15.5. The zero-order valence-corrected chi connectivity index (χ0v) is 42.2.